The maximum Gasteiger partial charge on any atom is 0.325 e. The van der Waals surface area contributed by atoms with Gasteiger partial charge in [0.2, 0.25) is 0 Å². The van der Waals surface area contributed by atoms with Gasteiger partial charge in [-0.25, -0.2) is 4.79 Å². The van der Waals surface area contributed by atoms with E-state index in [0.29, 0.717) is 12.2 Å². The molecule has 0 saturated carbocycles. The molecule has 0 fully saturated rings. The lowest BCUT2D eigenvalue weighted by atomic mass is 10.1. The Balaban J connectivity index is 2.10. The molecule has 18 heavy (non-hydrogen) atoms. The lowest BCUT2D eigenvalue weighted by molar-refractivity contribution is 0.568. The average Bonchev–Trinajstić information content (AvgIpc) is 2.31. The smallest absolute Gasteiger partial charge is 0.311 e. The fraction of sp³-hybridized carbons (Fsp3) is 0.692. The maximum atomic E-state index is 11.0. The molecule has 0 bridgehead atoms. The van der Waals surface area contributed by atoms with E-state index in [4.69, 9.17) is 0 Å². The van der Waals surface area contributed by atoms with Crippen LogP contribution in [-0.2, 0) is 6.54 Å². The van der Waals surface area contributed by atoms with Crippen molar-refractivity contribution >= 4 is 0 Å². The first-order valence-electron chi connectivity index (χ1n) is 6.75. The molecule has 1 rings (SSSR count). The second kappa shape index (κ2) is 8.69. The van der Waals surface area contributed by atoms with Crippen molar-refractivity contribution in [2.45, 2.75) is 52.0 Å². The zero-order chi connectivity index (χ0) is 13.2. The van der Waals surface area contributed by atoms with Gasteiger partial charge in [0, 0.05) is 18.3 Å². The van der Waals surface area contributed by atoms with Gasteiger partial charge in [0.05, 0.1) is 0 Å². The van der Waals surface area contributed by atoms with Crippen LogP contribution in [0.25, 0.3) is 0 Å². The Morgan fingerprint density at radius 1 is 1.06 bits per heavy atom. The van der Waals surface area contributed by atoms with E-state index in [9.17, 15) is 9.59 Å². The van der Waals surface area contributed by atoms with Gasteiger partial charge in [-0.15, -0.1) is 0 Å². The fourth-order valence-electron chi connectivity index (χ4n) is 1.87. The summed E-state index contributed by atoms with van der Waals surface area (Å²) >= 11 is 0. The van der Waals surface area contributed by atoms with E-state index in [-0.39, 0.29) is 5.56 Å². The van der Waals surface area contributed by atoms with E-state index in [0.717, 1.165) is 13.0 Å². The van der Waals surface area contributed by atoms with Crippen LogP contribution in [0.1, 0.15) is 51.1 Å². The first kappa shape index (κ1) is 14.7. The molecule has 0 amide bonds. The third kappa shape index (κ3) is 6.39. The van der Waals surface area contributed by atoms with Gasteiger partial charge in [-0.05, 0) is 13.0 Å². The Labute approximate surface area is 107 Å². The molecule has 1 aromatic heterocycles. The highest BCUT2D eigenvalue weighted by Crippen LogP contribution is 2.04. The van der Waals surface area contributed by atoms with Crippen LogP contribution in [0.3, 0.4) is 0 Å². The van der Waals surface area contributed by atoms with E-state index in [1.54, 1.807) is 0 Å². The van der Waals surface area contributed by atoms with Crippen molar-refractivity contribution in [2.24, 2.45) is 0 Å². The van der Waals surface area contributed by atoms with Gasteiger partial charge in [-0.2, -0.15) is 0 Å². The lowest BCUT2D eigenvalue weighted by Crippen LogP contribution is -2.26. The molecule has 0 spiro atoms. The number of aromatic amines is 2. The van der Waals surface area contributed by atoms with Crippen molar-refractivity contribution in [1.82, 2.24) is 15.3 Å². The third-order valence-electron chi connectivity index (χ3n) is 2.84. The van der Waals surface area contributed by atoms with Crippen LogP contribution in [0, 0.1) is 0 Å². The Kier molecular flexibility index (Phi) is 7.10. The molecule has 0 aliphatic carbocycles. The minimum Gasteiger partial charge on any atom is -0.311 e. The van der Waals surface area contributed by atoms with Crippen LogP contribution < -0.4 is 16.6 Å². The van der Waals surface area contributed by atoms with Gasteiger partial charge in [0.1, 0.15) is 0 Å². The summed E-state index contributed by atoms with van der Waals surface area (Å²) in [4.78, 5) is 26.8. The number of H-pyrrole nitrogens is 2. The summed E-state index contributed by atoms with van der Waals surface area (Å²) in [5.41, 5.74) is -0.163. The van der Waals surface area contributed by atoms with Crippen LogP contribution in [0.15, 0.2) is 15.7 Å². The Hall–Kier alpha value is -1.36. The molecule has 0 aliphatic rings. The van der Waals surface area contributed by atoms with Crippen LogP contribution in [0.5, 0.6) is 0 Å². The van der Waals surface area contributed by atoms with E-state index in [1.165, 1.54) is 38.2 Å². The summed E-state index contributed by atoms with van der Waals surface area (Å²) in [6.07, 6.45) is 7.57. The van der Waals surface area contributed by atoms with Crippen molar-refractivity contribution in [1.29, 1.82) is 0 Å². The number of hydrogen-bond acceptors (Lipinski definition) is 3. The Morgan fingerprint density at radius 3 is 2.50 bits per heavy atom. The molecule has 0 aliphatic heterocycles. The monoisotopic (exact) mass is 253 g/mol. The molecular weight excluding hydrogens is 230 g/mol. The average molecular weight is 253 g/mol. The van der Waals surface area contributed by atoms with Crippen LogP contribution in [-0.4, -0.2) is 16.5 Å². The molecule has 0 aromatic carbocycles. The zero-order valence-corrected chi connectivity index (χ0v) is 11.1. The molecule has 5 heteroatoms. The molecule has 5 nitrogen and oxygen atoms in total. The molecule has 0 unspecified atom stereocenters. The summed E-state index contributed by atoms with van der Waals surface area (Å²) in [7, 11) is 0. The maximum absolute atomic E-state index is 11.0. The second-order valence-corrected chi connectivity index (χ2v) is 4.56. The number of rotatable bonds is 9. The molecule has 1 aromatic rings. The van der Waals surface area contributed by atoms with E-state index >= 15 is 0 Å². The van der Waals surface area contributed by atoms with Crippen molar-refractivity contribution in [3.05, 3.63) is 32.6 Å². The van der Waals surface area contributed by atoms with Crippen molar-refractivity contribution < 1.29 is 0 Å². The van der Waals surface area contributed by atoms with Crippen molar-refractivity contribution in [3.8, 4) is 0 Å². The summed E-state index contributed by atoms with van der Waals surface area (Å²) < 4.78 is 0. The topological polar surface area (TPSA) is 77.8 Å². The summed E-state index contributed by atoms with van der Waals surface area (Å²) in [6, 6.07) is 1.41. The summed E-state index contributed by atoms with van der Waals surface area (Å²) in [6.45, 7) is 3.67. The number of nitrogens with one attached hydrogen (secondary N) is 3. The first-order chi connectivity index (χ1) is 8.72. The van der Waals surface area contributed by atoms with Crippen LogP contribution in [0.4, 0.5) is 0 Å². The van der Waals surface area contributed by atoms with Gasteiger partial charge in [-0.1, -0.05) is 39.0 Å². The number of aromatic nitrogens is 2. The molecule has 0 atom stereocenters. The van der Waals surface area contributed by atoms with E-state index < -0.39 is 5.69 Å². The highest BCUT2D eigenvalue weighted by molar-refractivity contribution is 4.97. The molecule has 3 N–H and O–H groups in total. The highest BCUT2D eigenvalue weighted by atomic mass is 16.2. The molecule has 0 saturated heterocycles. The third-order valence-corrected chi connectivity index (χ3v) is 2.84. The predicted octanol–water partition coefficient (Wildman–Crippen LogP) is 1.51. The lowest BCUT2D eigenvalue weighted by Gasteiger charge is -2.04. The summed E-state index contributed by atoms with van der Waals surface area (Å²) in [5.74, 6) is 0. The zero-order valence-electron chi connectivity index (χ0n) is 11.1. The van der Waals surface area contributed by atoms with Crippen LogP contribution >= 0.6 is 0 Å². The van der Waals surface area contributed by atoms with Gasteiger partial charge in [0.25, 0.3) is 5.56 Å². The summed E-state index contributed by atoms with van der Waals surface area (Å²) in [5, 5.41) is 3.22. The molecule has 1 heterocycles. The second-order valence-electron chi connectivity index (χ2n) is 4.56. The molecule has 0 radical (unpaired) electrons. The van der Waals surface area contributed by atoms with Gasteiger partial charge >= 0.3 is 5.69 Å². The van der Waals surface area contributed by atoms with Gasteiger partial charge in [-0.3, -0.25) is 9.78 Å². The SMILES string of the molecule is CCCCCCCCNCc1cc(=O)[nH]c(=O)[nH]1. The first-order valence-corrected chi connectivity index (χ1v) is 6.75. The van der Waals surface area contributed by atoms with Gasteiger partial charge in [0.15, 0.2) is 0 Å². The highest BCUT2D eigenvalue weighted by Gasteiger charge is 1.96. The number of unbranched alkanes of at least 4 members (excludes halogenated alkanes) is 5. The standard InChI is InChI=1S/C13H23N3O2/c1-2-3-4-5-6-7-8-14-10-11-9-12(17)16-13(18)15-11/h9,14H,2-8,10H2,1H3,(H2,15,16,17,18). The van der Waals surface area contributed by atoms with E-state index in [1.807, 2.05) is 0 Å². The molecule has 102 valence electrons. The Bertz CT molecular complexity index is 408. The van der Waals surface area contributed by atoms with E-state index in [2.05, 4.69) is 22.2 Å². The fourth-order valence-corrected chi connectivity index (χ4v) is 1.87. The minimum atomic E-state index is -0.445. The normalized spacial score (nSPS) is 10.7. The Morgan fingerprint density at radius 2 is 1.78 bits per heavy atom. The predicted molar refractivity (Wildman–Crippen MR) is 72.8 cm³/mol. The largest absolute Gasteiger partial charge is 0.325 e. The minimum absolute atomic E-state index is 0.352. The van der Waals surface area contributed by atoms with Gasteiger partial charge < -0.3 is 10.3 Å². The molecular formula is C13H23N3O2. The quantitative estimate of drug-likeness (QED) is 0.584. The van der Waals surface area contributed by atoms with Crippen molar-refractivity contribution in [2.75, 3.05) is 6.54 Å². The van der Waals surface area contributed by atoms with Crippen LogP contribution in [0.2, 0.25) is 0 Å². The number of hydrogen-bond donors (Lipinski definition) is 3. The van der Waals surface area contributed by atoms with Crippen molar-refractivity contribution in [3.63, 3.8) is 0 Å².